The fraction of sp³-hybridized carbons (Fsp3) is 0.500. The molecule has 0 bridgehead atoms. The number of rotatable bonds is 2. The highest BCUT2D eigenvalue weighted by Gasteiger charge is 2.37. The van der Waals surface area contributed by atoms with Gasteiger partial charge in [0.25, 0.3) is 0 Å². The van der Waals surface area contributed by atoms with Crippen LogP contribution in [0.25, 0.3) is 11.3 Å². The summed E-state index contributed by atoms with van der Waals surface area (Å²) >= 11 is 0. The maximum Gasteiger partial charge on any atom is 0.416 e. The molecule has 0 amide bonds. The Morgan fingerprint density at radius 2 is 2.00 bits per heavy atom. The first kappa shape index (κ1) is 18.1. The quantitative estimate of drug-likeness (QED) is 0.810. The normalized spacial score (nSPS) is 22.8. The Bertz CT molecular complexity index is 854. The average molecular weight is 381 g/mol. The number of halogens is 4. The molecule has 0 unspecified atom stereocenters. The van der Waals surface area contributed by atoms with Gasteiger partial charge >= 0.3 is 6.18 Å². The maximum absolute atomic E-state index is 14.3. The molecule has 0 radical (unpaired) electrons. The number of aryl methyl sites for hydroxylation is 1. The molecule has 1 aromatic heterocycles. The number of aromatic nitrogens is 3. The van der Waals surface area contributed by atoms with Crippen LogP contribution in [0.3, 0.4) is 0 Å². The molecule has 2 atom stereocenters. The predicted octanol–water partition coefficient (Wildman–Crippen LogP) is 3.19. The van der Waals surface area contributed by atoms with E-state index in [1.807, 2.05) is 0 Å². The monoisotopic (exact) mass is 381 g/mol. The van der Waals surface area contributed by atoms with Crippen molar-refractivity contribution in [3.63, 3.8) is 0 Å². The van der Waals surface area contributed by atoms with E-state index in [0.717, 1.165) is 44.6 Å². The standard InChI is InChI=1S/C18H19F4N5/c1-10-16(13-3-2-12(8-14(13)19)18(20,21)22)25-26-17(24-10)27-7-5-11-4-6-23-9-15(11)27/h2-3,8,11,15,23H,4-7,9H2,1H3/t11-,15-/m0/s1. The summed E-state index contributed by atoms with van der Waals surface area (Å²) in [6, 6.07) is 2.71. The van der Waals surface area contributed by atoms with E-state index in [1.165, 1.54) is 0 Å². The molecule has 27 heavy (non-hydrogen) atoms. The molecule has 0 aliphatic carbocycles. The van der Waals surface area contributed by atoms with E-state index in [2.05, 4.69) is 25.4 Å². The number of nitrogens with zero attached hydrogens (tertiary/aromatic N) is 4. The Morgan fingerprint density at radius 1 is 1.19 bits per heavy atom. The van der Waals surface area contributed by atoms with Gasteiger partial charge in [-0.2, -0.15) is 13.2 Å². The summed E-state index contributed by atoms with van der Waals surface area (Å²) in [7, 11) is 0. The van der Waals surface area contributed by atoms with Crippen molar-refractivity contribution in [3.05, 3.63) is 35.3 Å². The number of alkyl halides is 3. The van der Waals surface area contributed by atoms with Gasteiger partial charge in [-0.15, -0.1) is 10.2 Å². The highest BCUT2D eigenvalue weighted by Crippen LogP contribution is 2.34. The second-order valence-corrected chi connectivity index (χ2v) is 7.04. The highest BCUT2D eigenvalue weighted by atomic mass is 19.4. The van der Waals surface area contributed by atoms with Crippen molar-refractivity contribution in [3.8, 4) is 11.3 Å². The first-order chi connectivity index (χ1) is 12.8. The van der Waals surface area contributed by atoms with Gasteiger partial charge in [0.2, 0.25) is 5.95 Å². The second kappa shape index (κ2) is 6.70. The zero-order valence-electron chi connectivity index (χ0n) is 14.7. The Morgan fingerprint density at radius 3 is 2.70 bits per heavy atom. The lowest BCUT2D eigenvalue weighted by Gasteiger charge is -2.32. The van der Waals surface area contributed by atoms with Gasteiger partial charge < -0.3 is 10.2 Å². The van der Waals surface area contributed by atoms with Gasteiger partial charge in [-0.1, -0.05) is 0 Å². The lowest BCUT2D eigenvalue weighted by atomic mass is 9.93. The summed E-state index contributed by atoms with van der Waals surface area (Å²) in [5, 5.41) is 11.6. The Kier molecular flexibility index (Phi) is 4.49. The fourth-order valence-electron chi connectivity index (χ4n) is 3.96. The van der Waals surface area contributed by atoms with Crippen LogP contribution in [0.15, 0.2) is 18.2 Å². The lowest BCUT2D eigenvalue weighted by Crippen LogP contribution is -2.46. The van der Waals surface area contributed by atoms with Crippen LogP contribution < -0.4 is 10.2 Å². The van der Waals surface area contributed by atoms with Crippen molar-refractivity contribution in [1.82, 2.24) is 20.5 Å². The van der Waals surface area contributed by atoms with Crippen LogP contribution in [-0.4, -0.2) is 40.9 Å². The fourth-order valence-corrected chi connectivity index (χ4v) is 3.96. The molecule has 3 heterocycles. The van der Waals surface area contributed by atoms with E-state index in [-0.39, 0.29) is 11.3 Å². The largest absolute Gasteiger partial charge is 0.416 e. The van der Waals surface area contributed by atoms with Gasteiger partial charge in [-0.25, -0.2) is 9.37 Å². The minimum atomic E-state index is -4.59. The molecule has 0 spiro atoms. The van der Waals surface area contributed by atoms with Gasteiger partial charge in [0.05, 0.1) is 11.3 Å². The number of nitrogens with one attached hydrogen (secondary N) is 1. The third-order valence-corrected chi connectivity index (χ3v) is 5.39. The van der Waals surface area contributed by atoms with Gasteiger partial charge in [0.15, 0.2) is 0 Å². The zero-order chi connectivity index (χ0) is 19.2. The Hall–Kier alpha value is -2.29. The molecule has 2 aromatic rings. The Labute approximate surface area is 153 Å². The Balaban J connectivity index is 1.63. The number of anilines is 1. The van der Waals surface area contributed by atoms with Gasteiger partial charge in [0, 0.05) is 24.7 Å². The average Bonchev–Trinajstić information content (AvgIpc) is 3.05. The number of hydrogen-bond acceptors (Lipinski definition) is 5. The number of piperidine rings is 1. The van der Waals surface area contributed by atoms with Crippen LogP contribution in [0.4, 0.5) is 23.5 Å². The summed E-state index contributed by atoms with van der Waals surface area (Å²) in [4.78, 5) is 6.59. The topological polar surface area (TPSA) is 53.9 Å². The summed E-state index contributed by atoms with van der Waals surface area (Å²) in [5.74, 6) is 0.0939. The zero-order valence-corrected chi connectivity index (χ0v) is 14.7. The first-order valence-electron chi connectivity index (χ1n) is 8.90. The number of fused-ring (bicyclic) bond motifs is 1. The molecule has 2 fully saturated rings. The molecular formula is C18H19F4N5. The van der Waals surface area contributed by atoms with E-state index in [9.17, 15) is 17.6 Å². The third kappa shape index (κ3) is 3.36. The molecule has 144 valence electrons. The summed E-state index contributed by atoms with van der Waals surface area (Å²) in [5.41, 5.74) is -0.481. The van der Waals surface area contributed by atoms with Crippen molar-refractivity contribution < 1.29 is 17.6 Å². The van der Waals surface area contributed by atoms with E-state index in [4.69, 9.17) is 0 Å². The van der Waals surface area contributed by atoms with Crippen LogP contribution in [0.1, 0.15) is 24.1 Å². The molecule has 2 saturated heterocycles. The molecule has 0 saturated carbocycles. The van der Waals surface area contributed by atoms with Gasteiger partial charge in [0.1, 0.15) is 11.5 Å². The van der Waals surface area contributed by atoms with Gasteiger partial charge in [-0.3, -0.25) is 0 Å². The molecule has 2 aliphatic heterocycles. The lowest BCUT2D eigenvalue weighted by molar-refractivity contribution is -0.137. The smallest absolute Gasteiger partial charge is 0.335 e. The van der Waals surface area contributed by atoms with Crippen molar-refractivity contribution in [2.24, 2.45) is 5.92 Å². The molecule has 2 aliphatic rings. The van der Waals surface area contributed by atoms with Crippen molar-refractivity contribution in [1.29, 1.82) is 0 Å². The van der Waals surface area contributed by atoms with Crippen molar-refractivity contribution in [2.75, 3.05) is 24.5 Å². The minimum Gasteiger partial charge on any atom is -0.335 e. The summed E-state index contributed by atoms with van der Waals surface area (Å²) in [6.07, 6.45) is -2.41. The van der Waals surface area contributed by atoms with Gasteiger partial charge in [-0.05, 0) is 50.4 Å². The molecule has 9 heteroatoms. The van der Waals surface area contributed by atoms with Crippen LogP contribution in [-0.2, 0) is 6.18 Å². The van der Waals surface area contributed by atoms with Crippen LogP contribution >= 0.6 is 0 Å². The van der Waals surface area contributed by atoms with E-state index in [0.29, 0.717) is 29.7 Å². The molecule has 5 nitrogen and oxygen atoms in total. The van der Waals surface area contributed by atoms with E-state index < -0.39 is 17.6 Å². The maximum atomic E-state index is 14.3. The predicted molar refractivity (Wildman–Crippen MR) is 91.7 cm³/mol. The van der Waals surface area contributed by atoms with Crippen LogP contribution in [0.2, 0.25) is 0 Å². The van der Waals surface area contributed by atoms with E-state index >= 15 is 0 Å². The van der Waals surface area contributed by atoms with Crippen LogP contribution in [0.5, 0.6) is 0 Å². The summed E-state index contributed by atoms with van der Waals surface area (Å²) in [6.45, 7) is 4.38. The van der Waals surface area contributed by atoms with Crippen LogP contribution in [0, 0.1) is 18.7 Å². The molecule has 1 aromatic carbocycles. The number of hydrogen-bond donors (Lipinski definition) is 1. The minimum absolute atomic E-state index is 0.0364. The first-order valence-corrected chi connectivity index (χ1v) is 8.90. The number of benzene rings is 1. The highest BCUT2D eigenvalue weighted by molar-refractivity contribution is 5.63. The second-order valence-electron chi connectivity index (χ2n) is 7.04. The van der Waals surface area contributed by atoms with Crippen molar-refractivity contribution in [2.45, 2.75) is 32.0 Å². The molecular weight excluding hydrogens is 362 g/mol. The molecule has 1 N–H and O–H groups in total. The molecule has 4 rings (SSSR count). The SMILES string of the molecule is Cc1nc(N2CC[C@@H]3CCNC[C@@H]32)nnc1-c1ccc(C(F)(F)F)cc1F. The van der Waals surface area contributed by atoms with E-state index in [1.54, 1.807) is 6.92 Å². The van der Waals surface area contributed by atoms with Crippen molar-refractivity contribution >= 4 is 5.95 Å². The summed E-state index contributed by atoms with van der Waals surface area (Å²) < 4.78 is 52.4. The third-order valence-electron chi connectivity index (χ3n) is 5.39.